The van der Waals surface area contributed by atoms with E-state index in [1.54, 1.807) is 0 Å². The highest BCUT2D eigenvalue weighted by Crippen LogP contribution is 2.53. The Labute approximate surface area is 199 Å². The predicted octanol–water partition coefficient (Wildman–Crippen LogP) is 5.00. The van der Waals surface area contributed by atoms with Gasteiger partial charge in [0.05, 0.1) is 19.6 Å². The lowest BCUT2D eigenvalue weighted by Gasteiger charge is -2.40. The fourth-order valence-electron chi connectivity index (χ4n) is 3.94. The molecule has 0 N–H and O–H groups in total. The molecule has 0 saturated carbocycles. The van der Waals surface area contributed by atoms with E-state index in [-0.39, 0.29) is 0 Å². The Morgan fingerprint density at radius 3 is 1.35 bits per heavy atom. The summed E-state index contributed by atoms with van der Waals surface area (Å²) >= 11 is 25.3. The summed E-state index contributed by atoms with van der Waals surface area (Å²) in [4.78, 5) is 13.3. The minimum Gasteiger partial charge on any atom is -0.262 e. The summed E-state index contributed by atoms with van der Waals surface area (Å²) in [6, 6.07) is 0. The van der Waals surface area contributed by atoms with Crippen LogP contribution in [0.5, 0.6) is 0 Å². The first-order valence-electron chi connectivity index (χ1n) is 8.90. The average molecular weight is 534 g/mol. The van der Waals surface area contributed by atoms with E-state index >= 15 is 0 Å². The molecular formula is C18H20Cl4N2O6S. The first-order valence-corrected chi connectivity index (χ1v) is 11.9. The number of halogens is 4. The molecule has 172 valence electrons. The van der Waals surface area contributed by atoms with Gasteiger partial charge in [-0.05, 0) is 63.0 Å². The molecule has 0 aliphatic heterocycles. The van der Waals surface area contributed by atoms with Gasteiger partial charge in [0, 0.05) is 22.0 Å². The molecule has 0 saturated heterocycles. The third-order valence-electron chi connectivity index (χ3n) is 5.11. The fourth-order valence-corrected chi connectivity index (χ4v) is 8.16. The van der Waals surface area contributed by atoms with Crippen LogP contribution in [0.1, 0.15) is 27.7 Å². The maximum Gasteiger partial charge on any atom is 0.322 e. The molecular weight excluding hydrogens is 514 g/mol. The van der Waals surface area contributed by atoms with E-state index in [2.05, 4.69) is 0 Å². The van der Waals surface area contributed by atoms with Crippen molar-refractivity contribution < 1.29 is 18.3 Å². The summed E-state index contributed by atoms with van der Waals surface area (Å²) < 4.78 is 27.6. The van der Waals surface area contributed by atoms with Crippen molar-refractivity contribution in [3.8, 4) is 0 Å². The van der Waals surface area contributed by atoms with E-state index in [0.717, 1.165) is 36.5 Å². The molecule has 4 atom stereocenters. The van der Waals surface area contributed by atoms with Gasteiger partial charge in [-0.25, -0.2) is 8.42 Å². The molecule has 0 heterocycles. The van der Waals surface area contributed by atoms with E-state index in [1.165, 1.54) is 27.7 Å². The monoisotopic (exact) mass is 532 g/mol. The Hall–Kier alpha value is -1.13. The second kappa shape index (κ2) is 8.02. The molecule has 0 radical (unpaired) electrons. The van der Waals surface area contributed by atoms with E-state index < -0.39 is 61.1 Å². The second-order valence-corrected chi connectivity index (χ2v) is 13.4. The van der Waals surface area contributed by atoms with Crippen LogP contribution >= 0.6 is 46.4 Å². The zero-order valence-corrected chi connectivity index (χ0v) is 20.7. The number of allylic oxidation sites excluding steroid dienone is 4. The first kappa shape index (κ1) is 26.1. The van der Waals surface area contributed by atoms with E-state index in [0.29, 0.717) is 0 Å². The highest BCUT2D eigenvalue weighted by molar-refractivity contribution is 7.99. The molecule has 8 nitrogen and oxygen atoms in total. The van der Waals surface area contributed by atoms with E-state index in [9.17, 15) is 28.6 Å². The molecule has 0 amide bonds. The normalized spacial score (nSPS) is 31.7. The topological polar surface area (TPSA) is 120 Å². The van der Waals surface area contributed by atoms with Crippen LogP contribution in [0.2, 0.25) is 0 Å². The van der Waals surface area contributed by atoms with Gasteiger partial charge in [0.1, 0.15) is 11.8 Å². The van der Waals surface area contributed by atoms with Crippen molar-refractivity contribution in [2.45, 2.75) is 47.4 Å². The molecule has 0 aromatic heterocycles. The smallest absolute Gasteiger partial charge is 0.262 e. The zero-order chi connectivity index (χ0) is 24.2. The van der Waals surface area contributed by atoms with Gasteiger partial charge in [-0.1, -0.05) is 12.2 Å². The Balaban J connectivity index is 2.80. The van der Waals surface area contributed by atoms with Crippen molar-refractivity contribution in [1.82, 2.24) is 0 Å². The minimum atomic E-state index is -4.59. The summed E-state index contributed by atoms with van der Waals surface area (Å²) in [5.41, 5.74) is 0. The third kappa shape index (κ3) is 4.39. The molecule has 0 bridgehead atoms. The highest BCUT2D eigenvalue weighted by atomic mass is 35.5. The van der Waals surface area contributed by atoms with Crippen molar-refractivity contribution in [2.75, 3.05) is 0 Å². The van der Waals surface area contributed by atoms with Gasteiger partial charge in [0.25, 0.3) is 0 Å². The molecule has 2 aliphatic carbocycles. The number of nitro groups is 2. The lowest BCUT2D eigenvalue weighted by Crippen LogP contribution is -2.53. The first-order chi connectivity index (χ1) is 13.8. The van der Waals surface area contributed by atoms with Gasteiger partial charge in [-0.15, -0.1) is 23.2 Å². The van der Waals surface area contributed by atoms with Gasteiger partial charge in [0.2, 0.25) is 0 Å². The standard InChI is InChI=1S/C18H20Cl4N2O6S/c1-15(2,19)13-11(7-5-9-17(13,21)23(25)26)31(29,30)12-8-6-10-18(22,24(27)28)14(12)16(3,4)20/h5-10,13-14H,1-4H3. The Morgan fingerprint density at radius 1 is 0.839 bits per heavy atom. The van der Waals surface area contributed by atoms with Crippen LogP contribution in [0.25, 0.3) is 0 Å². The Kier molecular flexibility index (Phi) is 6.76. The molecule has 13 heteroatoms. The minimum absolute atomic E-state index is 0.462. The lowest BCUT2D eigenvalue weighted by atomic mass is 9.83. The van der Waals surface area contributed by atoms with Crippen molar-refractivity contribution in [1.29, 1.82) is 0 Å². The van der Waals surface area contributed by atoms with Gasteiger partial charge < -0.3 is 0 Å². The van der Waals surface area contributed by atoms with Crippen molar-refractivity contribution in [3.05, 3.63) is 66.5 Å². The van der Waals surface area contributed by atoms with Crippen LogP contribution in [0, 0.1) is 32.1 Å². The Bertz CT molecular complexity index is 962. The van der Waals surface area contributed by atoms with Crippen LogP contribution in [0.4, 0.5) is 0 Å². The van der Waals surface area contributed by atoms with E-state index in [1.807, 2.05) is 0 Å². The number of hydrogen-bond donors (Lipinski definition) is 0. The number of alkyl halides is 4. The number of nitrogens with zero attached hydrogens (tertiary/aromatic N) is 2. The van der Waals surface area contributed by atoms with Gasteiger partial charge in [0.15, 0.2) is 9.84 Å². The van der Waals surface area contributed by atoms with Crippen molar-refractivity contribution >= 4 is 56.2 Å². The fraction of sp³-hybridized carbons (Fsp3) is 0.556. The number of sulfone groups is 1. The molecule has 0 fully saturated rings. The third-order valence-corrected chi connectivity index (χ3v) is 8.50. The summed E-state index contributed by atoms with van der Waals surface area (Å²) in [6.07, 6.45) is 6.67. The molecule has 0 spiro atoms. The van der Waals surface area contributed by atoms with Crippen molar-refractivity contribution in [2.24, 2.45) is 11.8 Å². The molecule has 0 aromatic rings. The molecule has 31 heavy (non-hydrogen) atoms. The number of rotatable bonds is 6. The highest BCUT2D eigenvalue weighted by Gasteiger charge is 2.62. The van der Waals surface area contributed by atoms with Crippen LogP contribution < -0.4 is 0 Å². The summed E-state index contributed by atoms with van der Waals surface area (Å²) in [5.74, 6) is -3.03. The predicted molar refractivity (Wildman–Crippen MR) is 121 cm³/mol. The summed E-state index contributed by atoms with van der Waals surface area (Å²) in [5, 5.41) is 23.6. The van der Waals surface area contributed by atoms with Crippen molar-refractivity contribution in [3.63, 3.8) is 0 Å². The second-order valence-electron chi connectivity index (χ2n) is 8.32. The van der Waals surface area contributed by atoms with E-state index in [4.69, 9.17) is 46.4 Å². The summed E-state index contributed by atoms with van der Waals surface area (Å²) in [7, 11) is -4.59. The van der Waals surface area contributed by atoms with Gasteiger partial charge >= 0.3 is 10.00 Å². The summed E-state index contributed by atoms with van der Waals surface area (Å²) in [6.45, 7) is 5.57. The van der Waals surface area contributed by atoms with Crippen LogP contribution in [-0.2, 0) is 9.84 Å². The van der Waals surface area contributed by atoms with Crippen LogP contribution in [-0.4, -0.2) is 38.0 Å². The largest absolute Gasteiger partial charge is 0.322 e. The number of hydrogen-bond acceptors (Lipinski definition) is 6. The molecule has 4 unspecified atom stereocenters. The van der Waals surface area contributed by atoms with Crippen LogP contribution in [0.15, 0.2) is 46.3 Å². The maximum absolute atomic E-state index is 13.8. The zero-order valence-electron chi connectivity index (χ0n) is 16.9. The lowest BCUT2D eigenvalue weighted by molar-refractivity contribution is -0.537. The molecule has 0 aromatic carbocycles. The SMILES string of the molecule is CC(C)(Cl)C1C(S(=O)(=O)C2=CC=CC(Cl)([N+](=O)[O-])C2C(C)(C)Cl)=CC=CC1(Cl)[N+](=O)[O-]. The Morgan fingerprint density at radius 2 is 1.13 bits per heavy atom. The molecule has 2 rings (SSSR count). The maximum atomic E-state index is 13.8. The van der Waals surface area contributed by atoms with Gasteiger partial charge in [-0.3, -0.25) is 20.2 Å². The average Bonchev–Trinajstić information content (AvgIpc) is 2.58. The quantitative estimate of drug-likeness (QED) is 0.205. The van der Waals surface area contributed by atoms with Crippen LogP contribution in [0.3, 0.4) is 0 Å². The van der Waals surface area contributed by atoms with Gasteiger partial charge in [-0.2, -0.15) is 0 Å². The molecule has 2 aliphatic rings.